The highest BCUT2D eigenvalue weighted by Gasteiger charge is 2.22. The third-order valence-corrected chi connectivity index (χ3v) is 4.83. The zero-order valence-electron chi connectivity index (χ0n) is 13.7. The Morgan fingerprint density at radius 2 is 1.72 bits per heavy atom. The van der Waals surface area contributed by atoms with Crippen molar-refractivity contribution in [2.45, 2.75) is 5.92 Å². The molecule has 0 radical (unpaired) electrons. The molecule has 4 aromatic rings. The number of aromatic amines is 2. The van der Waals surface area contributed by atoms with Crippen LogP contribution in [-0.2, 0) is 0 Å². The molecule has 0 aliphatic heterocycles. The first kappa shape index (κ1) is 15.7. The Morgan fingerprint density at radius 3 is 2.56 bits per heavy atom. The van der Waals surface area contributed by atoms with Crippen molar-refractivity contribution in [3.8, 4) is 0 Å². The second-order valence-electron chi connectivity index (χ2n) is 6.02. The van der Waals surface area contributed by atoms with Gasteiger partial charge < -0.3 is 4.98 Å². The van der Waals surface area contributed by atoms with Gasteiger partial charge in [0.15, 0.2) is 0 Å². The Hall–Kier alpha value is -2.78. The molecular weight excluding hydrogens is 330 g/mol. The lowest BCUT2D eigenvalue weighted by Crippen LogP contribution is -2.19. The van der Waals surface area contributed by atoms with Crippen LogP contribution in [0.15, 0.2) is 79.1 Å². The van der Waals surface area contributed by atoms with Crippen LogP contribution in [0.4, 0.5) is 5.82 Å². The Balaban J connectivity index is 1.74. The number of para-hydroxylation sites is 1. The molecule has 2 aromatic carbocycles. The highest BCUT2D eigenvalue weighted by molar-refractivity contribution is 6.31. The molecule has 124 valence electrons. The molecule has 4 heteroatoms. The fraction of sp³-hybridized carbons (Fsp3) is 0.0952. The SMILES string of the molecule is Clc1ccccc1[C@@H](CNc1cccc[nH+]1)c1c[nH]c2ccccc12. The first-order valence-electron chi connectivity index (χ1n) is 8.34. The van der Waals surface area contributed by atoms with E-state index in [2.05, 4.69) is 45.7 Å². The molecule has 0 aliphatic rings. The average Bonchev–Trinajstić information content (AvgIpc) is 3.08. The van der Waals surface area contributed by atoms with Gasteiger partial charge in [0.2, 0.25) is 0 Å². The molecule has 0 saturated heterocycles. The second-order valence-corrected chi connectivity index (χ2v) is 6.43. The zero-order chi connectivity index (χ0) is 17.1. The van der Waals surface area contributed by atoms with E-state index in [0.717, 1.165) is 28.5 Å². The van der Waals surface area contributed by atoms with Crippen molar-refractivity contribution in [1.82, 2.24) is 4.98 Å². The summed E-state index contributed by atoms with van der Waals surface area (Å²) in [6.07, 6.45) is 4.01. The van der Waals surface area contributed by atoms with Crippen molar-refractivity contribution >= 4 is 28.3 Å². The number of pyridine rings is 1. The summed E-state index contributed by atoms with van der Waals surface area (Å²) >= 11 is 6.52. The van der Waals surface area contributed by atoms with Gasteiger partial charge in [0.25, 0.3) is 5.82 Å². The molecule has 0 unspecified atom stereocenters. The topological polar surface area (TPSA) is 42.0 Å². The Labute approximate surface area is 151 Å². The van der Waals surface area contributed by atoms with Gasteiger partial charge in [0.1, 0.15) is 0 Å². The summed E-state index contributed by atoms with van der Waals surface area (Å²) in [5.74, 6) is 1.12. The minimum atomic E-state index is 0.137. The number of fused-ring (bicyclic) bond motifs is 1. The number of benzene rings is 2. The van der Waals surface area contributed by atoms with Crippen molar-refractivity contribution in [3.05, 3.63) is 95.3 Å². The molecule has 3 N–H and O–H groups in total. The van der Waals surface area contributed by atoms with Crippen LogP contribution in [0.25, 0.3) is 10.9 Å². The van der Waals surface area contributed by atoms with Gasteiger partial charge in [0, 0.05) is 34.1 Å². The number of halogens is 1. The number of nitrogens with one attached hydrogen (secondary N) is 3. The monoisotopic (exact) mass is 348 g/mol. The maximum absolute atomic E-state index is 6.52. The first-order valence-corrected chi connectivity index (χ1v) is 8.72. The van der Waals surface area contributed by atoms with E-state index in [1.807, 2.05) is 48.7 Å². The molecule has 0 bridgehead atoms. The van der Waals surface area contributed by atoms with Gasteiger partial charge in [-0.05, 0) is 29.3 Å². The Bertz CT molecular complexity index is 979. The normalized spacial score (nSPS) is 12.2. The van der Waals surface area contributed by atoms with E-state index in [9.17, 15) is 0 Å². The highest BCUT2D eigenvalue weighted by Crippen LogP contribution is 2.34. The van der Waals surface area contributed by atoms with Gasteiger partial charge in [-0.2, -0.15) is 0 Å². The molecule has 4 rings (SSSR count). The summed E-state index contributed by atoms with van der Waals surface area (Å²) in [4.78, 5) is 6.60. The molecule has 2 heterocycles. The van der Waals surface area contributed by atoms with Gasteiger partial charge in [0.05, 0.1) is 12.7 Å². The quantitative estimate of drug-likeness (QED) is 0.530. The number of hydrogen-bond donors (Lipinski definition) is 2. The van der Waals surface area contributed by atoms with E-state index in [1.165, 1.54) is 10.9 Å². The zero-order valence-corrected chi connectivity index (χ0v) is 14.4. The lowest BCUT2D eigenvalue weighted by Gasteiger charge is -2.17. The van der Waals surface area contributed by atoms with E-state index < -0.39 is 0 Å². The number of H-pyrrole nitrogens is 2. The molecule has 1 atom stereocenters. The van der Waals surface area contributed by atoms with E-state index in [0.29, 0.717) is 0 Å². The van der Waals surface area contributed by atoms with Crippen LogP contribution in [0, 0.1) is 0 Å². The molecule has 0 amide bonds. The molecule has 0 saturated carbocycles. The summed E-state index contributed by atoms with van der Waals surface area (Å²) in [6.45, 7) is 0.742. The van der Waals surface area contributed by atoms with Crippen molar-refractivity contribution in [2.75, 3.05) is 11.9 Å². The smallest absolute Gasteiger partial charge is 0.272 e. The lowest BCUT2D eigenvalue weighted by atomic mass is 9.91. The van der Waals surface area contributed by atoms with Crippen LogP contribution >= 0.6 is 11.6 Å². The minimum absolute atomic E-state index is 0.137. The molecule has 3 nitrogen and oxygen atoms in total. The molecule has 0 fully saturated rings. The van der Waals surface area contributed by atoms with Crippen LogP contribution < -0.4 is 10.3 Å². The van der Waals surface area contributed by atoms with Gasteiger partial charge in [-0.25, -0.2) is 4.98 Å². The van der Waals surface area contributed by atoms with Crippen LogP contribution in [0.3, 0.4) is 0 Å². The second kappa shape index (κ2) is 6.99. The predicted octanol–water partition coefficient (Wildman–Crippen LogP) is 4.88. The number of aromatic nitrogens is 2. The van der Waals surface area contributed by atoms with Crippen molar-refractivity contribution in [3.63, 3.8) is 0 Å². The van der Waals surface area contributed by atoms with Gasteiger partial charge >= 0.3 is 0 Å². The molecule has 25 heavy (non-hydrogen) atoms. The third kappa shape index (κ3) is 3.24. The van der Waals surface area contributed by atoms with E-state index in [4.69, 9.17) is 11.6 Å². The summed E-state index contributed by atoms with van der Waals surface area (Å²) < 4.78 is 0. The standard InChI is InChI=1S/C21H18ClN3/c22-19-9-3-1-7-15(19)17(14-25-21-11-5-6-12-23-21)18-13-24-20-10-4-2-8-16(18)20/h1-13,17,24H,14H2,(H,23,25)/p+1/t17-/m1/s1. The molecule has 0 aliphatic carbocycles. The number of anilines is 1. The fourth-order valence-corrected chi connectivity index (χ4v) is 3.51. The average molecular weight is 349 g/mol. The third-order valence-electron chi connectivity index (χ3n) is 4.48. The summed E-state index contributed by atoms with van der Waals surface area (Å²) in [6, 6.07) is 22.4. The maximum atomic E-state index is 6.52. The minimum Gasteiger partial charge on any atom is -0.361 e. The molecule has 0 spiro atoms. The van der Waals surface area contributed by atoms with E-state index in [-0.39, 0.29) is 5.92 Å². The van der Waals surface area contributed by atoms with Crippen LogP contribution in [-0.4, -0.2) is 11.5 Å². The maximum Gasteiger partial charge on any atom is 0.272 e. The highest BCUT2D eigenvalue weighted by atomic mass is 35.5. The Kier molecular flexibility index (Phi) is 4.40. The van der Waals surface area contributed by atoms with Crippen LogP contribution in [0.5, 0.6) is 0 Å². The van der Waals surface area contributed by atoms with Gasteiger partial charge in [-0.1, -0.05) is 54.1 Å². The molecule has 2 aromatic heterocycles. The fourth-order valence-electron chi connectivity index (χ4n) is 3.24. The van der Waals surface area contributed by atoms with E-state index in [1.54, 1.807) is 0 Å². The van der Waals surface area contributed by atoms with Crippen molar-refractivity contribution in [1.29, 1.82) is 0 Å². The Morgan fingerprint density at radius 1 is 0.920 bits per heavy atom. The molecular formula is C21H19ClN3+. The van der Waals surface area contributed by atoms with Crippen molar-refractivity contribution in [2.24, 2.45) is 0 Å². The van der Waals surface area contributed by atoms with Crippen LogP contribution in [0.1, 0.15) is 17.0 Å². The van der Waals surface area contributed by atoms with E-state index >= 15 is 0 Å². The predicted molar refractivity (Wildman–Crippen MR) is 103 cm³/mol. The lowest BCUT2D eigenvalue weighted by molar-refractivity contribution is -0.361. The number of rotatable bonds is 5. The van der Waals surface area contributed by atoms with Crippen LogP contribution in [0.2, 0.25) is 5.02 Å². The summed E-state index contributed by atoms with van der Waals surface area (Å²) in [5.41, 5.74) is 3.50. The largest absolute Gasteiger partial charge is 0.361 e. The first-order chi connectivity index (χ1) is 12.3. The van der Waals surface area contributed by atoms with Gasteiger partial charge in [-0.15, -0.1) is 0 Å². The van der Waals surface area contributed by atoms with Gasteiger partial charge in [-0.3, -0.25) is 5.32 Å². The number of hydrogen-bond acceptors (Lipinski definition) is 1. The summed E-state index contributed by atoms with van der Waals surface area (Å²) in [5, 5.41) is 5.51. The van der Waals surface area contributed by atoms with Crippen molar-refractivity contribution < 1.29 is 4.98 Å². The summed E-state index contributed by atoms with van der Waals surface area (Å²) in [7, 11) is 0.